The van der Waals surface area contributed by atoms with Gasteiger partial charge in [0.1, 0.15) is 5.01 Å². The molecule has 1 amide bonds. The van der Waals surface area contributed by atoms with E-state index in [4.69, 9.17) is 0 Å². The molecular weight excluding hydrogens is 320 g/mol. The topological polar surface area (TPSA) is 58.1 Å². The van der Waals surface area contributed by atoms with Gasteiger partial charge in [0.05, 0.1) is 6.04 Å². The molecule has 0 bridgehead atoms. The van der Waals surface area contributed by atoms with E-state index in [2.05, 4.69) is 32.3 Å². The lowest BCUT2D eigenvalue weighted by Gasteiger charge is -2.36. The smallest absolute Gasteiger partial charge is 0.220 e. The third kappa shape index (κ3) is 4.39. The zero-order chi connectivity index (χ0) is 16.8. The van der Waals surface area contributed by atoms with Gasteiger partial charge in [0.2, 0.25) is 5.91 Å². The van der Waals surface area contributed by atoms with Gasteiger partial charge in [-0.1, -0.05) is 6.92 Å². The van der Waals surface area contributed by atoms with Gasteiger partial charge in [-0.25, -0.2) is 4.98 Å². The lowest BCUT2D eigenvalue weighted by atomic mass is 9.90. The fraction of sp³-hybridized carbons (Fsp3) is 0.500. The van der Waals surface area contributed by atoms with Crippen molar-refractivity contribution in [2.45, 2.75) is 38.8 Å². The number of pyridine rings is 1. The van der Waals surface area contributed by atoms with Crippen LogP contribution in [0.15, 0.2) is 36.1 Å². The van der Waals surface area contributed by atoms with Crippen molar-refractivity contribution in [3.8, 4) is 0 Å². The van der Waals surface area contributed by atoms with Crippen LogP contribution in [0.2, 0.25) is 0 Å². The maximum absolute atomic E-state index is 12.0. The summed E-state index contributed by atoms with van der Waals surface area (Å²) in [5, 5.41) is 6.20. The molecule has 0 saturated carbocycles. The van der Waals surface area contributed by atoms with Crippen LogP contribution in [0, 0.1) is 5.92 Å². The lowest BCUT2D eigenvalue weighted by Crippen LogP contribution is -2.42. The monoisotopic (exact) mass is 344 g/mol. The molecule has 1 saturated heterocycles. The Kier molecular flexibility index (Phi) is 5.93. The second-order valence-electron chi connectivity index (χ2n) is 6.26. The minimum Gasteiger partial charge on any atom is -0.347 e. The van der Waals surface area contributed by atoms with Crippen molar-refractivity contribution in [3.05, 3.63) is 46.7 Å². The number of hydrogen-bond acceptors (Lipinski definition) is 5. The molecule has 0 radical (unpaired) electrons. The molecule has 1 aliphatic rings. The Morgan fingerprint density at radius 2 is 2.25 bits per heavy atom. The Morgan fingerprint density at radius 3 is 2.96 bits per heavy atom. The van der Waals surface area contributed by atoms with E-state index < -0.39 is 0 Å². The van der Waals surface area contributed by atoms with Gasteiger partial charge >= 0.3 is 0 Å². The van der Waals surface area contributed by atoms with Gasteiger partial charge in [-0.3, -0.25) is 14.7 Å². The number of rotatable bonds is 6. The zero-order valence-electron chi connectivity index (χ0n) is 14.0. The Bertz CT molecular complexity index is 632. The van der Waals surface area contributed by atoms with E-state index in [9.17, 15) is 4.79 Å². The van der Waals surface area contributed by atoms with E-state index in [0.717, 1.165) is 37.5 Å². The highest BCUT2D eigenvalue weighted by molar-refractivity contribution is 7.09. The van der Waals surface area contributed by atoms with Crippen LogP contribution in [-0.2, 0) is 11.3 Å². The van der Waals surface area contributed by atoms with Gasteiger partial charge < -0.3 is 5.32 Å². The molecule has 3 rings (SSSR count). The largest absolute Gasteiger partial charge is 0.347 e. The van der Waals surface area contributed by atoms with E-state index in [1.54, 1.807) is 11.3 Å². The highest BCUT2D eigenvalue weighted by atomic mass is 32.1. The van der Waals surface area contributed by atoms with Gasteiger partial charge in [-0.2, -0.15) is 0 Å². The second kappa shape index (κ2) is 8.35. The number of carbonyl (C=O) groups excluding carboxylic acids is 1. The predicted molar refractivity (Wildman–Crippen MR) is 95.5 cm³/mol. The molecule has 6 heteroatoms. The van der Waals surface area contributed by atoms with Crippen LogP contribution in [0.5, 0.6) is 0 Å². The number of amides is 1. The van der Waals surface area contributed by atoms with Crippen molar-refractivity contribution in [1.29, 1.82) is 0 Å². The first-order valence-corrected chi connectivity index (χ1v) is 9.44. The number of hydrogen-bond donors (Lipinski definition) is 1. The van der Waals surface area contributed by atoms with Crippen LogP contribution in [0.4, 0.5) is 0 Å². The summed E-state index contributed by atoms with van der Waals surface area (Å²) in [5.41, 5.74) is 1.29. The van der Waals surface area contributed by atoms with Crippen molar-refractivity contribution in [2.24, 2.45) is 5.92 Å². The lowest BCUT2D eigenvalue weighted by molar-refractivity contribution is -0.122. The van der Waals surface area contributed by atoms with Crippen molar-refractivity contribution in [3.63, 3.8) is 0 Å². The molecule has 0 unspecified atom stereocenters. The summed E-state index contributed by atoms with van der Waals surface area (Å²) < 4.78 is 0. The number of nitrogens with zero attached hydrogens (tertiary/aromatic N) is 3. The fourth-order valence-corrected chi connectivity index (χ4v) is 4.08. The summed E-state index contributed by atoms with van der Waals surface area (Å²) in [6, 6.07) is 4.17. The molecule has 1 fully saturated rings. The number of carbonyl (C=O) groups is 1. The number of thiazole rings is 1. The first-order valence-electron chi connectivity index (χ1n) is 8.56. The third-order valence-corrected chi connectivity index (χ3v) is 5.38. The van der Waals surface area contributed by atoms with Gasteiger partial charge in [-0.05, 0) is 43.0 Å². The summed E-state index contributed by atoms with van der Waals surface area (Å²) in [5.74, 6) is 0.503. The van der Waals surface area contributed by atoms with Crippen molar-refractivity contribution < 1.29 is 4.79 Å². The van der Waals surface area contributed by atoms with Gasteiger partial charge in [0, 0.05) is 43.5 Å². The molecule has 5 nitrogen and oxygen atoms in total. The minimum absolute atomic E-state index is 0.0256. The summed E-state index contributed by atoms with van der Waals surface area (Å²) >= 11 is 1.63. The Labute approximate surface area is 147 Å². The third-order valence-electron chi connectivity index (χ3n) is 4.52. The SMILES string of the molecule is CCC(=O)N[C@H](c1nccs1)[C@H]1CCCN(Cc2ccncc2)C1. The molecule has 0 aromatic carbocycles. The molecule has 128 valence electrons. The Hall–Kier alpha value is -1.79. The number of likely N-dealkylation sites (tertiary alicyclic amines) is 1. The molecule has 2 aromatic rings. The van der Waals surface area contributed by atoms with Crippen LogP contribution in [0.1, 0.15) is 42.8 Å². The van der Waals surface area contributed by atoms with Crippen molar-refractivity contribution in [1.82, 2.24) is 20.2 Å². The molecule has 3 heterocycles. The van der Waals surface area contributed by atoms with Gasteiger partial charge in [0.25, 0.3) is 0 Å². The van der Waals surface area contributed by atoms with Crippen molar-refractivity contribution >= 4 is 17.2 Å². The van der Waals surface area contributed by atoms with E-state index in [0.29, 0.717) is 12.3 Å². The van der Waals surface area contributed by atoms with E-state index in [-0.39, 0.29) is 11.9 Å². The molecule has 0 spiro atoms. The standard InChI is InChI=1S/C18H24N4OS/c1-2-16(23)21-17(18-20-9-11-24-18)15-4-3-10-22(13-15)12-14-5-7-19-8-6-14/h5-9,11,15,17H,2-4,10,12-13H2,1H3,(H,21,23)/t15-,17-/m0/s1. The maximum Gasteiger partial charge on any atom is 0.220 e. The molecule has 1 aliphatic heterocycles. The molecule has 0 aliphatic carbocycles. The average Bonchev–Trinajstić information content (AvgIpc) is 3.15. The Morgan fingerprint density at radius 1 is 1.42 bits per heavy atom. The summed E-state index contributed by atoms with van der Waals surface area (Å²) in [7, 11) is 0. The van der Waals surface area contributed by atoms with Crippen LogP contribution in [0.25, 0.3) is 0 Å². The first kappa shape index (κ1) is 17.0. The summed E-state index contributed by atoms with van der Waals surface area (Å²) in [4.78, 5) is 23.0. The number of piperidine rings is 1. The minimum atomic E-state index is 0.0256. The quantitative estimate of drug-likeness (QED) is 0.875. The summed E-state index contributed by atoms with van der Waals surface area (Å²) in [6.07, 6.45) is 8.30. The molecule has 24 heavy (non-hydrogen) atoms. The van der Waals surface area contributed by atoms with Gasteiger partial charge in [0.15, 0.2) is 0 Å². The van der Waals surface area contributed by atoms with Crippen LogP contribution < -0.4 is 5.32 Å². The molecule has 1 N–H and O–H groups in total. The normalized spacial score (nSPS) is 19.8. The van der Waals surface area contributed by atoms with Crippen LogP contribution in [0.3, 0.4) is 0 Å². The molecule has 2 atom stereocenters. The van der Waals surface area contributed by atoms with E-state index >= 15 is 0 Å². The molecular formula is C18H24N4OS. The maximum atomic E-state index is 12.0. The average molecular weight is 344 g/mol. The van der Waals surface area contributed by atoms with E-state index in [1.165, 1.54) is 5.56 Å². The number of aromatic nitrogens is 2. The summed E-state index contributed by atoms with van der Waals surface area (Å²) in [6.45, 7) is 4.91. The Balaban J connectivity index is 1.69. The van der Waals surface area contributed by atoms with Crippen molar-refractivity contribution in [2.75, 3.05) is 13.1 Å². The van der Waals surface area contributed by atoms with E-state index in [1.807, 2.05) is 30.9 Å². The first-order chi connectivity index (χ1) is 11.8. The van der Waals surface area contributed by atoms with Crippen LogP contribution in [-0.4, -0.2) is 33.9 Å². The fourth-order valence-electron chi connectivity index (χ4n) is 3.30. The van der Waals surface area contributed by atoms with Crippen LogP contribution >= 0.6 is 11.3 Å². The molecule has 2 aromatic heterocycles. The highest BCUT2D eigenvalue weighted by Crippen LogP contribution is 2.31. The predicted octanol–water partition coefficient (Wildman–Crippen LogP) is 3.02. The van der Waals surface area contributed by atoms with Gasteiger partial charge in [-0.15, -0.1) is 11.3 Å². The zero-order valence-corrected chi connectivity index (χ0v) is 14.8. The second-order valence-corrected chi connectivity index (χ2v) is 7.19. The highest BCUT2D eigenvalue weighted by Gasteiger charge is 2.30. The number of nitrogens with one attached hydrogen (secondary N) is 1.